The fourth-order valence-electron chi connectivity index (χ4n) is 4.86. The predicted octanol–water partition coefficient (Wildman–Crippen LogP) is 7.75. The summed E-state index contributed by atoms with van der Waals surface area (Å²) >= 11 is 2.45. The summed E-state index contributed by atoms with van der Waals surface area (Å²) in [5.41, 5.74) is 4.37. The number of nitrogens with zero attached hydrogens (tertiary/aromatic N) is 2. The Morgan fingerprint density at radius 2 is 1.67 bits per heavy atom. The topological polar surface area (TPSA) is 37.9 Å². The second-order valence-corrected chi connectivity index (χ2v) is 9.69. The maximum Gasteiger partial charge on any atom is 0.130 e. The molecule has 5 heteroatoms. The number of benzene rings is 3. The molecular formula is C28H24FIN2O. The summed E-state index contributed by atoms with van der Waals surface area (Å²) in [7, 11) is 0. The quantitative estimate of drug-likeness (QED) is 0.238. The molecule has 0 unspecified atom stereocenters. The molecule has 0 amide bonds. The van der Waals surface area contributed by atoms with Gasteiger partial charge in [0.15, 0.2) is 0 Å². The van der Waals surface area contributed by atoms with Crippen molar-refractivity contribution in [2.24, 2.45) is 5.92 Å². The highest BCUT2D eigenvalue weighted by Gasteiger charge is 2.29. The van der Waals surface area contributed by atoms with Crippen molar-refractivity contribution in [2.75, 3.05) is 0 Å². The van der Waals surface area contributed by atoms with Crippen LogP contribution in [0.15, 0.2) is 72.8 Å². The van der Waals surface area contributed by atoms with Crippen LogP contribution in [0.1, 0.15) is 42.9 Å². The zero-order chi connectivity index (χ0) is 22.8. The van der Waals surface area contributed by atoms with Gasteiger partial charge in [0.2, 0.25) is 0 Å². The van der Waals surface area contributed by atoms with Gasteiger partial charge in [-0.25, -0.2) is 4.39 Å². The van der Waals surface area contributed by atoms with E-state index >= 15 is 0 Å². The van der Waals surface area contributed by atoms with E-state index in [-0.39, 0.29) is 11.7 Å². The lowest BCUT2D eigenvalue weighted by molar-refractivity contribution is 0.310. The molecule has 0 radical (unpaired) electrons. The van der Waals surface area contributed by atoms with Crippen molar-refractivity contribution in [2.45, 2.75) is 38.2 Å². The number of fused-ring (bicyclic) bond motifs is 1. The van der Waals surface area contributed by atoms with Crippen molar-refractivity contribution in [1.29, 1.82) is 5.26 Å². The first-order valence-corrected chi connectivity index (χ1v) is 12.4. The molecular weight excluding hydrogens is 526 g/mol. The van der Waals surface area contributed by atoms with E-state index in [2.05, 4.69) is 51.4 Å². The Balaban J connectivity index is 1.62. The smallest absolute Gasteiger partial charge is 0.130 e. The van der Waals surface area contributed by atoms with E-state index in [0.29, 0.717) is 12.5 Å². The summed E-state index contributed by atoms with van der Waals surface area (Å²) in [6.07, 6.45) is 3.79. The van der Waals surface area contributed by atoms with Crippen LogP contribution in [0, 0.1) is 26.6 Å². The summed E-state index contributed by atoms with van der Waals surface area (Å²) in [5.74, 6) is 1.11. The van der Waals surface area contributed by atoms with Crippen LogP contribution in [0.4, 0.5) is 4.39 Å². The lowest BCUT2D eigenvalue weighted by Gasteiger charge is -2.27. The van der Waals surface area contributed by atoms with E-state index in [1.165, 1.54) is 21.4 Å². The average Bonchev–Trinajstić information content (AvgIpc) is 3.17. The van der Waals surface area contributed by atoms with Crippen LogP contribution < -0.4 is 4.74 Å². The molecule has 5 rings (SSSR count). The van der Waals surface area contributed by atoms with Gasteiger partial charge in [-0.05, 0) is 90.2 Å². The molecule has 166 valence electrons. The molecule has 1 aliphatic carbocycles. The van der Waals surface area contributed by atoms with Crippen LogP contribution in [0.25, 0.3) is 16.6 Å². The average molecular weight is 550 g/mol. The van der Waals surface area contributed by atoms with Gasteiger partial charge in [-0.15, -0.1) is 0 Å². The van der Waals surface area contributed by atoms with E-state index < -0.39 is 0 Å². The van der Waals surface area contributed by atoms with Crippen molar-refractivity contribution in [3.63, 3.8) is 0 Å². The Morgan fingerprint density at radius 1 is 0.939 bits per heavy atom. The Kier molecular flexibility index (Phi) is 6.37. The van der Waals surface area contributed by atoms with Gasteiger partial charge in [0.25, 0.3) is 0 Å². The summed E-state index contributed by atoms with van der Waals surface area (Å²) in [5, 5.41) is 10.4. The third kappa shape index (κ3) is 4.37. The van der Waals surface area contributed by atoms with Crippen LogP contribution in [-0.4, -0.2) is 4.57 Å². The molecule has 1 aromatic heterocycles. The van der Waals surface area contributed by atoms with Gasteiger partial charge >= 0.3 is 0 Å². The predicted molar refractivity (Wildman–Crippen MR) is 137 cm³/mol. The summed E-state index contributed by atoms with van der Waals surface area (Å²) in [6.45, 7) is 0.500. The molecule has 0 N–H and O–H groups in total. The minimum Gasteiger partial charge on any atom is -0.488 e. The molecule has 4 aromatic rings. The van der Waals surface area contributed by atoms with E-state index in [9.17, 15) is 9.65 Å². The molecule has 0 atom stereocenters. The standard InChI is InChI=1S/C28H24FIN2O/c29-22-13-15-23(16-14-22)32-24-7-4-8-25(33-18-20-5-2-1-3-6-20)26(24)27(30)28(32)21-11-9-19(17-31)10-12-21/h1-8,13-16,19,21H,9-12,18H2/t19-,21+. The number of nitriles is 1. The number of halogens is 2. The lowest BCUT2D eigenvalue weighted by atomic mass is 9.81. The van der Waals surface area contributed by atoms with Gasteiger partial charge in [-0.1, -0.05) is 36.4 Å². The highest BCUT2D eigenvalue weighted by Crippen LogP contribution is 2.44. The maximum atomic E-state index is 13.7. The largest absolute Gasteiger partial charge is 0.488 e. The highest BCUT2D eigenvalue weighted by atomic mass is 127. The molecule has 3 aromatic carbocycles. The Labute approximate surface area is 206 Å². The molecule has 0 spiro atoms. The van der Waals surface area contributed by atoms with E-state index in [0.717, 1.165) is 53.6 Å². The van der Waals surface area contributed by atoms with Gasteiger partial charge in [-0.3, -0.25) is 0 Å². The zero-order valence-corrected chi connectivity index (χ0v) is 20.3. The van der Waals surface area contributed by atoms with Crippen LogP contribution in [0.5, 0.6) is 5.75 Å². The lowest BCUT2D eigenvalue weighted by Crippen LogP contribution is -2.15. The van der Waals surface area contributed by atoms with Gasteiger partial charge in [0.1, 0.15) is 18.2 Å². The van der Waals surface area contributed by atoms with Crippen LogP contribution in [0.2, 0.25) is 0 Å². The van der Waals surface area contributed by atoms with Crippen molar-refractivity contribution in [3.8, 4) is 17.5 Å². The van der Waals surface area contributed by atoms with Crippen molar-refractivity contribution < 1.29 is 9.13 Å². The van der Waals surface area contributed by atoms with Crippen molar-refractivity contribution >= 4 is 33.5 Å². The first kappa shape index (κ1) is 22.0. The maximum absolute atomic E-state index is 13.7. The number of ether oxygens (including phenoxy) is 1. The molecule has 1 aliphatic rings. The summed E-state index contributed by atoms with van der Waals surface area (Å²) in [4.78, 5) is 0. The third-order valence-corrected chi connectivity index (χ3v) is 7.64. The van der Waals surface area contributed by atoms with Crippen LogP contribution >= 0.6 is 22.6 Å². The first-order chi connectivity index (χ1) is 16.2. The van der Waals surface area contributed by atoms with Gasteiger partial charge in [0.05, 0.1) is 17.0 Å². The number of rotatable bonds is 5. The molecule has 1 fully saturated rings. The first-order valence-electron chi connectivity index (χ1n) is 11.3. The number of hydrogen-bond acceptors (Lipinski definition) is 2. The van der Waals surface area contributed by atoms with Gasteiger partial charge in [0, 0.05) is 26.8 Å². The second-order valence-electron chi connectivity index (χ2n) is 8.61. The molecule has 0 saturated heterocycles. The molecule has 0 aliphatic heterocycles. The fourth-order valence-corrected chi connectivity index (χ4v) is 6.09. The SMILES string of the molecule is N#C[C@H]1CC[C@@H](c2c(I)c3c(OCc4ccccc4)cccc3n2-c2ccc(F)cc2)CC1. The van der Waals surface area contributed by atoms with E-state index in [4.69, 9.17) is 4.74 Å². The monoisotopic (exact) mass is 550 g/mol. The minimum atomic E-state index is -0.243. The van der Waals surface area contributed by atoms with E-state index in [1.54, 1.807) is 0 Å². The molecule has 3 nitrogen and oxygen atoms in total. The summed E-state index contributed by atoms with van der Waals surface area (Å²) < 4.78 is 23.5. The van der Waals surface area contributed by atoms with Crippen molar-refractivity contribution in [3.05, 3.63) is 93.4 Å². The Morgan fingerprint density at radius 3 is 2.36 bits per heavy atom. The molecule has 1 heterocycles. The second kappa shape index (κ2) is 9.56. The zero-order valence-electron chi connectivity index (χ0n) is 18.2. The van der Waals surface area contributed by atoms with Crippen molar-refractivity contribution in [1.82, 2.24) is 4.57 Å². The molecule has 0 bridgehead atoms. The van der Waals surface area contributed by atoms with Gasteiger partial charge in [-0.2, -0.15) is 5.26 Å². The number of aromatic nitrogens is 1. The molecule has 33 heavy (non-hydrogen) atoms. The van der Waals surface area contributed by atoms with E-state index in [1.807, 2.05) is 42.5 Å². The number of hydrogen-bond donors (Lipinski definition) is 0. The molecule has 1 saturated carbocycles. The highest BCUT2D eigenvalue weighted by molar-refractivity contribution is 14.1. The van der Waals surface area contributed by atoms with Crippen LogP contribution in [-0.2, 0) is 6.61 Å². The Bertz CT molecular complexity index is 1300. The fraction of sp³-hybridized carbons (Fsp3) is 0.250. The minimum absolute atomic E-state index is 0.146. The summed E-state index contributed by atoms with van der Waals surface area (Å²) in [6, 6.07) is 25.5. The normalized spacial score (nSPS) is 18.2. The Hall–Kier alpha value is -2.85. The van der Waals surface area contributed by atoms with Gasteiger partial charge < -0.3 is 9.30 Å². The third-order valence-electron chi connectivity index (χ3n) is 6.55. The van der Waals surface area contributed by atoms with Crippen LogP contribution in [0.3, 0.4) is 0 Å².